The number of hydrogen-bond donors (Lipinski definition) is 1. The second-order valence-corrected chi connectivity index (χ2v) is 11.0. The van der Waals surface area contributed by atoms with Gasteiger partial charge in [0.2, 0.25) is 11.5 Å². The summed E-state index contributed by atoms with van der Waals surface area (Å²) in [6.45, 7) is 0.256. The van der Waals surface area contributed by atoms with Crippen molar-refractivity contribution in [2.24, 2.45) is 5.10 Å². The van der Waals surface area contributed by atoms with Crippen LogP contribution in [-0.4, -0.2) is 78.6 Å². The summed E-state index contributed by atoms with van der Waals surface area (Å²) < 4.78 is 44.9. The fourth-order valence-electron chi connectivity index (χ4n) is 5.30. The normalized spacial score (nSPS) is 10.7. The highest BCUT2D eigenvalue weighted by Gasteiger charge is 2.17. The number of methoxy groups -OCH3 is 6. The fourth-order valence-corrected chi connectivity index (χ4v) is 5.30. The van der Waals surface area contributed by atoms with E-state index in [4.69, 9.17) is 37.9 Å². The van der Waals surface area contributed by atoms with E-state index in [0.717, 1.165) is 28.2 Å². The number of hydrazone groups is 1. The number of carbonyl (C=O) groups is 1. The van der Waals surface area contributed by atoms with Crippen LogP contribution in [0, 0.1) is 0 Å². The third-order valence-corrected chi connectivity index (χ3v) is 7.89. The lowest BCUT2D eigenvalue weighted by Crippen LogP contribution is -2.11. The molecule has 0 bridgehead atoms. The molecule has 52 heavy (non-hydrogen) atoms. The highest BCUT2D eigenvalue weighted by molar-refractivity contribution is 5.83. The third-order valence-electron chi connectivity index (χ3n) is 7.89. The molecule has 0 radical (unpaired) electrons. The van der Waals surface area contributed by atoms with Gasteiger partial charge in [0.05, 0.1) is 54.6 Å². The van der Waals surface area contributed by atoms with Gasteiger partial charge in [-0.1, -0.05) is 18.2 Å². The summed E-state index contributed by atoms with van der Waals surface area (Å²) in [5.74, 6) is 4.30. The van der Waals surface area contributed by atoms with Crippen molar-refractivity contribution in [1.29, 1.82) is 0 Å². The number of carbonyl (C=O) groups excluding carboxylic acids is 1. The fraction of sp³-hybridized carbons (Fsp3) is 0.231. The number of nitrogens with zero attached hydrogens (tertiary/aromatic N) is 3. The maximum Gasteiger partial charge on any atom is 0.203 e. The zero-order chi connectivity index (χ0) is 36.9. The van der Waals surface area contributed by atoms with Crippen molar-refractivity contribution < 1.29 is 42.7 Å². The SMILES string of the molecule is COc1ccc(-c2cc(Cc3ccccc3OC)c(N/N=C/c3cc(OC)c(OCCOc4c(OC)cc(C=O)cc4OC)c(OC)c3)nn2)cc1. The van der Waals surface area contributed by atoms with E-state index in [9.17, 15) is 4.79 Å². The zero-order valence-corrected chi connectivity index (χ0v) is 29.8. The number of aldehydes is 1. The van der Waals surface area contributed by atoms with Gasteiger partial charge in [-0.15, -0.1) is 10.2 Å². The predicted octanol–water partition coefficient (Wildman–Crippen LogP) is 6.50. The number of ether oxygens (including phenoxy) is 8. The van der Waals surface area contributed by atoms with Crippen molar-refractivity contribution in [1.82, 2.24) is 10.2 Å². The molecule has 1 aromatic heterocycles. The first-order valence-electron chi connectivity index (χ1n) is 16.1. The van der Waals surface area contributed by atoms with Crippen LogP contribution in [0.5, 0.6) is 46.0 Å². The zero-order valence-electron chi connectivity index (χ0n) is 29.8. The molecule has 0 spiro atoms. The maximum atomic E-state index is 11.3. The number of aromatic nitrogens is 2. The van der Waals surface area contributed by atoms with Crippen LogP contribution in [-0.2, 0) is 6.42 Å². The molecule has 0 aliphatic carbocycles. The first-order chi connectivity index (χ1) is 25.4. The minimum absolute atomic E-state index is 0.127. The average molecular weight is 709 g/mol. The van der Waals surface area contributed by atoms with E-state index >= 15 is 0 Å². The molecule has 13 nitrogen and oxygen atoms in total. The van der Waals surface area contributed by atoms with E-state index in [1.165, 1.54) is 28.4 Å². The molecule has 0 saturated carbocycles. The molecule has 13 heteroatoms. The molecule has 0 saturated heterocycles. The number of benzene rings is 4. The van der Waals surface area contributed by atoms with Crippen molar-refractivity contribution in [3.8, 4) is 57.3 Å². The summed E-state index contributed by atoms with van der Waals surface area (Å²) in [4.78, 5) is 11.3. The van der Waals surface area contributed by atoms with Crippen LogP contribution in [0.25, 0.3) is 11.3 Å². The van der Waals surface area contributed by atoms with Crippen LogP contribution in [0.15, 0.2) is 84.0 Å². The van der Waals surface area contributed by atoms with Gasteiger partial charge in [-0.25, -0.2) is 0 Å². The molecule has 1 N–H and O–H groups in total. The Hall–Kier alpha value is -6.50. The van der Waals surface area contributed by atoms with Gasteiger partial charge in [-0.3, -0.25) is 10.2 Å². The van der Waals surface area contributed by atoms with Gasteiger partial charge in [-0.2, -0.15) is 5.10 Å². The molecular formula is C39H40N4O9. The van der Waals surface area contributed by atoms with Crippen molar-refractivity contribution in [3.63, 3.8) is 0 Å². The lowest BCUT2D eigenvalue weighted by Gasteiger charge is -2.17. The second-order valence-electron chi connectivity index (χ2n) is 11.0. The standard InChI is InChI=1S/C39H40N4O9/c1-45-30-13-11-27(12-14-30)31-22-29(21-28-9-7-8-10-32(28)46-2)39(43-41-31)42-40-23-25-17-33(47-3)37(34(18-25)48-4)51-15-16-52-38-35(49-5)19-26(24-44)20-36(38)50-6/h7-14,17-20,22-24H,15-16,21H2,1-6H3,(H,42,43)/b40-23+. The minimum Gasteiger partial charge on any atom is -0.497 e. The summed E-state index contributed by atoms with van der Waals surface area (Å²) >= 11 is 0. The average Bonchev–Trinajstić information content (AvgIpc) is 3.19. The van der Waals surface area contributed by atoms with Crippen molar-refractivity contribution in [2.45, 2.75) is 6.42 Å². The maximum absolute atomic E-state index is 11.3. The van der Waals surface area contributed by atoms with E-state index in [1.807, 2.05) is 54.6 Å². The molecule has 0 unspecified atom stereocenters. The predicted molar refractivity (Wildman–Crippen MR) is 197 cm³/mol. The Morgan fingerprint density at radius 1 is 0.615 bits per heavy atom. The molecule has 0 aliphatic rings. The summed E-state index contributed by atoms with van der Waals surface area (Å²) in [6, 6.07) is 24.1. The number of anilines is 1. The molecule has 0 atom stereocenters. The van der Waals surface area contributed by atoms with Gasteiger partial charge < -0.3 is 37.9 Å². The molecule has 0 fully saturated rings. The van der Waals surface area contributed by atoms with Crippen molar-refractivity contribution in [3.05, 3.63) is 101 Å². The lowest BCUT2D eigenvalue weighted by atomic mass is 10.0. The Kier molecular flexibility index (Phi) is 12.7. The summed E-state index contributed by atoms with van der Waals surface area (Å²) in [5.41, 5.74) is 7.56. The first kappa shape index (κ1) is 36.8. The molecule has 0 aliphatic heterocycles. The molecular weight excluding hydrogens is 668 g/mol. The van der Waals surface area contributed by atoms with Crippen LogP contribution < -0.4 is 43.3 Å². The van der Waals surface area contributed by atoms with Gasteiger partial charge in [-0.05, 0) is 66.2 Å². The van der Waals surface area contributed by atoms with Gasteiger partial charge in [0.15, 0.2) is 28.8 Å². The van der Waals surface area contributed by atoms with E-state index in [2.05, 4.69) is 20.7 Å². The minimum atomic E-state index is 0.127. The summed E-state index contributed by atoms with van der Waals surface area (Å²) in [5, 5.41) is 13.4. The highest BCUT2D eigenvalue weighted by atomic mass is 16.6. The number of para-hydroxylation sites is 1. The molecule has 5 rings (SSSR count). The number of hydrogen-bond acceptors (Lipinski definition) is 13. The molecule has 4 aromatic carbocycles. The van der Waals surface area contributed by atoms with Crippen LogP contribution in [0.1, 0.15) is 27.0 Å². The van der Waals surface area contributed by atoms with Crippen LogP contribution in [0.4, 0.5) is 5.82 Å². The quantitative estimate of drug-likeness (QED) is 0.0460. The Bertz CT molecular complexity index is 1950. The van der Waals surface area contributed by atoms with E-state index in [0.29, 0.717) is 69.8 Å². The lowest BCUT2D eigenvalue weighted by molar-refractivity contribution is 0.112. The Morgan fingerprint density at radius 2 is 1.17 bits per heavy atom. The van der Waals surface area contributed by atoms with E-state index in [1.54, 1.807) is 44.7 Å². The first-order valence-corrected chi connectivity index (χ1v) is 16.1. The van der Waals surface area contributed by atoms with Gasteiger partial charge in [0.1, 0.15) is 31.0 Å². The molecule has 270 valence electrons. The summed E-state index contributed by atoms with van der Waals surface area (Å²) in [7, 11) is 9.31. The Morgan fingerprint density at radius 3 is 1.71 bits per heavy atom. The second kappa shape index (κ2) is 17.9. The van der Waals surface area contributed by atoms with E-state index in [-0.39, 0.29) is 13.2 Å². The molecule has 0 amide bonds. The monoisotopic (exact) mass is 708 g/mol. The largest absolute Gasteiger partial charge is 0.497 e. The third kappa shape index (κ3) is 8.80. The Labute approximate surface area is 302 Å². The van der Waals surface area contributed by atoms with Crippen molar-refractivity contribution >= 4 is 18.3 Å². The van der Waals surface area contributed by atoms with Gasteiger partial charge in [0.25, 0.3) is 0 Å². The van der Waals surface area contributed by atoms with Crippen LogP contribution in [0.2, 0.25) is 0 Å². The van der Waals surface area contributed by atoms with Crippen molar-refractivity contribution in [2.75, 3.05) is 61.3 Å². The number of nitrogens with one attached hydrogen (secondary N) is 1. The van der Waals surface area contributed by atoms with Gasteiger partial charge >= 0.3 is 0 Å². The highest BCUT2D eigenvalue weighted by Crippen LogP contribution is 2.40. The number of rotatable bonds is 18. The summed E-state index contributed by atoms with van der Waals surface area (Å²) in [6.07, 6.45) is 2.84. The Balaban J connectivity index is 1.33. The van der Waals surface area contributed by atoms with Crippen LogP contribution >= 0.6 is 0 Å². The smallest absolute Gasteiger partial charge is 0.203 e. The molecule has 5 aromatic rings. The topological polar surface area (TPSA) is 141 Å². The molecule has 1 heterocycles. The van der Waals surface area contributed by atoms with E-state index < -0.39 is 0 Å². The van der Waals surface area contributed by atoms with Gasteiger partial charge in [0, 0.05) is 28.7 Å². The van der Waals surface area contributed by atoms with Crippen LogP contribution in [0.3, 0.4) is 0 Å².